The lowest BCUT2D eigenvalue weighted by molar-refractivity contribution is -0.220. The van der Waals surface area contributed by atoms with Crippen molar-refractivity contribution in [2.45, 2.75) is 96.0 Å². The van der Waals surface area contributed by atoms with Crippen LogP contribution in [0.3, 0.4) is 0 Å². The second-order valence-corrected chi connectivity index (χ2v) is 17.9. The Morgan fingerprint density at radius 2 is 1.43 bits per heavy atom. The van der Waals surface area contributed by atoms with Crippen LogP contribution in [0.4, 0.5) is 0 Å². The molecular weight excluding hydrogens is 548 g/mol. The van der Waals surface area contributed by atoms with Gasteiger partial charge in [0.1, 0.15) is 25.4 Å². The number of rotatable bonds is 10. The summed E-state index contributed by atoms with van der Waals surface area (Å²) in [6.45, 7) is 15.9. The number of ether oxygens (including phenoxy) is 4. The minimum Gasteiger partial charge on any atom is -0.473 e. The Labute approximate surface area is 250 Å². The molecule has 0 saturated carbocycles. The van der Waals surface area contributed by atoms with Crippen LogP contribution in [0.5, 0.6) is 11.8 Å². The lowest BCUT2D eigenvalue weighted by atomic mass is 10.0. The zero-order chi connectivity index (χ0) is 30.1. The van der Waals surface area contributed by atoms with Gasteiger partial charge in [-0.1, -0.05) is 81.4 Å². The van der Waals surface area contributed by atoms with E-state index in [0.717, 1.165) is 11.1 Å². The van der Waals surface area contributed by atoms with E-state index in [4.69, 9.17) is 28.4 Å². The molecule has 1 aromatic heterocycles. The van der Waals surface area contributed by atoms with Gasteiger partial charge in [0.05, 0.1) is 18.7 Å². The van der Waals surface area contributed by atoms with Crippen molar-refractivity contribution in [2.24, 2.45) is 0 Å². The molecule has 3 aromatic rings. The van der Waals surface area contributed by atoms with Crippen molar-refractivity contribution in [2.75, 3.05) is 6.61 Å². The van der Waals surface area contributed by atoms with Gasteiger partial charge in [-0.15, -0.1) is 0 Å². The molecule has 0 unspecified atom stereocenters. The average molecular weight is 593 g/mol. The number of aromatic nitrogens is 1. The Bertz CT molecular complexity index is 1330. The maximum Gasteiger partial charge on any atom is 0.222 e. The molecule has 9 heteroatoms. The van der Waals surface area contributed by atoms with Gasteiger partial charge in [-0.3, -0.25) is 0 Å². The van der Waals surface area contributed by atoms with Crippen molar-refractivity contribution in [3.8, 4) is 11.8 Å². The van der Waals surface area contributed by atoms with Gasteiger partial charge < -0.3 is 28.6 Å². The Hall–Kier alpha value is -2.79. The van der Waals surface area contributed by atoms with Crippen molar-refractivity contribution in [3.05, 3.63) is 89.5 Å². The van der Waals surface area contributed by atoms with E-state index in [1.807, 2.05) is 86.6 Å². The first kappa shape index (κ1) is 30.7. The highest BCUT2D eigenvalue weighted by atomic mass is 28.4. The summed E-state index contributed by atoms with van der Waals surface area (Å²) in [7, 11) is -2.08. The lowest BCUT2D eigenvalue weighted by Gasteiger charge is -2.38. The second-order valence-electron chi connectivity index (χ2n) is 13.1. The number of nitrogens with zero attached hydrogens (tertiary/aromatic N) is 2. The normalized spacial score (nSPS) is 24.0. The molecular formula is C33H44N2O6Si. The third-order valence-corrected chi connectivity index (χ3v) is 13.0. The average Bonchev–Trinajstić information content (AvgIpc) is 3.38. The highest BCUT2D eigenvalue weighted by Gasteiger charge is 2.59. The number of fused-ring (bicyclic) bond motifs is 1. The SMILES string of the molecule is CC1(C)O[C@@H]2[C@H](O1)[C@@H](CO[Si](C)(C)C(C)(C)C)N(O)[C@H]2c1ccc(OCc2ccccc2)nc1OCc1ccccc1. The van der Waals surface area contributed by atoms with Gasteiger partial charge in [0.25, 0.3) is 0 Å². The Morgan fingerprint density at radius 1 is 0.857 bits per heavy atom. The zero-order valence-corrected chi connectivity index (χ0v) is 26.7. The summed E-state index contributed by atoms with van der Waals surface area (Å²) in [5.74, 6) is 0.0132. The van der Waals surface area contributed by atoms with E-state index in [1.54, 1.807) is 0 Å². The first-order valence-electron chi connectivity index (χ1n) is 14.7. The zero-order valence-electron chi connectivity index (χ0n) is 25.7. The van der Waals surface area contributed by atoms with Gasteiger partial charge in [0, 0.05) is 11.6 Å². The third-order valence-electron chi connectivity index (χ3n) is 8.53. The van der Waals surface area contributed by atoms with Crippen molar-refractivity contribution >= 4 is 8.32 Å². The molecule has 226 valence electrons. The summed E-state index contributed by atoms with van der Waals surface area (Å²) < 4.78 is 31.7. The second kappa shape index (κ2) is 12.1. The number of hydroxylamine groups is 2. The Kier molecular flexibility index (Phi) is 8.81. The van der Waals surface area contributed by atoms with E-state index in [-0.39, 0.29) is 5.04 Å². The minimum absolute atomic E-state index is 0.0367. The molecule has 0 amide bonds. The molecule has 1 N–H and O–H groups in total. The predicted molar refractivity (Wildman–Crippen MR) is 163 cm³/mol. The first-order valence-corrected chi connectivity index (χ1v) is 17.6. The van der Waals surface area contributed by atoms with Crippen LogP contribution >= 0.6 is 0 Å². The predicted octanol–water partition coefficient (Wildman–Crippen LogP) is 6.90. The van der Waals surface area contributed by atoms with Crippen LogP contribution < -0.4 is 9.47 Å². The number of hydrogen-bond donors (Lipinski definition) is 1. The molecule has 2 fully saturated rings. The molecule has 0 radical (unpaired) electrons. The molecule has 3 heterocycles. The van der Waals surface area contributed by atoms with Crippen LogP contribution in [0.1, 0.15) is 57.4 Å². The van der Waals surface area contributed by atoms with Crippen molar-refractivity contribution in [1.82, 2.24) is 10.0 Å². The third kappa shape index (κ3) is 6.72. The van der Waals surface area contributed by atoms with Gasteiger partial charge in [-0.25, -0.2) is 0 Å². The lowest BCUT2D eigenvalue weighted by Crippen LogP contribution is -2.47. The minimum atomic E-state index is -2.08. The monoisotopic (exact) mass is 592 g/mol. The molecule has 0 bridgehead atoms. The number of hydrogen-bond acceptors (Lipinski definition) is 8. The summed E-state index contributed by atoms with van der Waals surface area (Å²) >= 11 is 0. The molecule has 0 spiro atoms. The molecule has 2 aliphatic rings. The maximum atomic E-state index is 11.7. The van der Waals surface area contributed by atoms with Gasteiger partial charge in [-0.05, 0) is 49.2 Å². The summed E-state index contributed by atoms with van der Waals surface area (Å²) in [5.41, 5.74) is 2.75. The molecule has 42 heavy (non-hydrogen) atoms. The summed E-state index contributed by atoms with van der Waals surface area (Å²) in [6, 6.07) is 22.6. The largest absolute Gasteiger partial charge is 0.473 e. The number of benzene rings is 2. The molecule has 2 aromatic carbocycles. The van der Waals surface area contributed by atoms with E-state index in [1.165, 1.54) is 5.06 Å². The van der Waals surface area contributed by atoms with Crippen LogP contribution in [0.2, 0.25) is 18.1 Å². The standard InChI is InChI=1S/C33H44N2O6Si/c1-32(2,3)42(6,7)39-22-26-29-30(41-33(4,5)40-29)28(35(26)36)25-18-19-27(37-20-23-14-10-8-11-15-23)34-31(25)38-21-24-16-12-9-13-17-24/h8-19,26,28-30,36H,20-22H2,1-7H3/t26-,28+,29-,30+/m1/s1. The van der Waals surface area contributed by atoms with Gasteiger partial charge >= 0.3 is 0 Å². The van der Waals surface area contributed by atoms with Crippen molar-refractivity contribution < 1.29 is 28.6 Å². The van der Waals surface area contributed by atoms with Gasteiger partial charge in [0.2, 0.25) is 11.8 Å². The van der Waals surface area contributed by atoms with E-state index in [9.17, 15) is 5.21 Å². The molecule has 5 rings (SSSR count). The highest BCUT2D eigenvalue weighted by molar-refractivity contribution is 6.74. The van der Waals surface area contributed by atoms with E-state index < -0.39 is 38.4 Å². The molecule has 2 aliphatic heterocycles. The fraction of sp³-hybridized carbons (Fsp3) is 0.485. The summed E-state index contributed by atoms with van der Waals surface area (Å²) in [6.07, 6.45) is -0.842. The van der Waals surface area contributed by atoms with E-state index in [0.29, 0.717) is 37.1 Å². The molecule has 4 atom stereocenters. The Morgan fingerprint density at radius 3 is 2.02 bits per heavy atom. The smallest absolute Gasteiger partial charge is 0.222 e. The fourth-order valence-electron chi connectivity index (χ4n) is 5.18. The fourth-order valence-corrected chi connectivity index (χ4v) is 6.20. The van der Waals surface area contributed by atoms with Crippen LogP contribution in [-0.2, 0) is 27.1 Å². The van der Waals surface area contributed by atoms with Crippen molar-refractivity contribution in [1.29, 1.82) is 0 Å². The first-order chi connectivity index (χ1) is 19.8. The van der Waals surface area contributed by atoms with Crippen LogP contribution in [0, 0.1) is 0 Å². The topological polar surface area (TPSA) is 82.5 Å². The van der Waals surface area contributed by atoms with Crippen LogP contribution in [0.15, 0.2) is 72.8 Å². The van der Waals surface area contributed by atoms with Gasteiger partial charge in [0.15, 0.2) is 14.1 Å². The number of pyridine rings is 1. The molecule has 0 aliphatic carbocycles. The molecule has 8 nitrogen and oxygen atoms in total. The highest BCUT2D eigenvalue weighted by Crippen LogP contribution is 2.49. The summed E-state index contributed by atoms with van der Waals surface area (Å²) in [5, 5.41) is 13.1. The Balaban J connectivity index is 1.44. The quantitative estimate of drug-likeness (QED) is 0.255. The van der Waals surface area contributed by atoms with Gasteiger partial charge in [-0.2, -0.15) is 10.0 Å². The summed E-state index contributed by atoms with van der Waals surface area (Å²) in [4.78, 5) is 4.77. The maximum absolute atomic E-state index is 11.7. The van der Waals surface area contributed by atoms with Crippen molar-refractivity contribution in [3.63, 3.8) is 0 Å². The van der Waals surface area contributed by atoms with E-state index in [2.05, 4.69) is 33.9 Å². The van der Waals surface area contributed by atoms with Crippen LogP contribution in [0.25, 0.3) is 0 Å². The van der Waals surface area contributed by atoms with E-state index >= 15 is 0 Å². The molecule has 2 saturated heterocycles. The van der Waals surface area contributed by atoms with Crippen LogP contribution in [-0.4, -0.2) is 54.2 Å².